The number of Topliss-reactive ketones (excluding diaryl/α,β-unsaturated/α-hetero) is 1. The molecule has 0 aromatic heterocycles. The second kappa shape index (κ2) is 7.39. The number of ketones is 1. The van der Waals surface area contributed by atoms with Crippen LogP contribution >= 0.6 is 0 Å². The first kappa shape index (κ1) is 16.6. The largest absolute Gasteiger partial charge is 0.383 e. The zero-order chi connectivity index (χ0) is 14.5. The standard InChI is InChI=1S/C16H31NO2/c1-6-13(2)17(10-11-19-5)12-14-8-7-9-16(3,4)15(14)18/h13-14H,6-12H2,1-5H3. The average molecular weight is 269 g/mol. The quantitative estimate of drug-likeness (QED) is 0.711. The molecule has 3 heteroatoms. The van der Waals surface area contributed by atoms with Gasteiger partial charge in [-0.05, 0) is 26.2 Å². The van der Waals surface area contributed by atoms with Crippen molar-refractivity contribution in [3.63, 3.8) is 0 Å². The minimum Gasteiger partial charge on any atom is -0.383 e. The molecule has 0 spiro atoms. The van der Waals surface area contributed by atoms with Crippen LogP contribution in [0.2, 0.25) is 0 Å². The van der Waals surface area contributed by atoms with E-state index in [-0.39, 0.29) is 11.3 Å². The summed E-state index contributed by atoms with van der Waals surface area (Å²) in [6, 6.07) is 0.521. The summed E-state index contributed by atoms with van der Waals surface area (Å²) in [5, 5.41) is 0. The van der Waals surface area contributed by atoms with Gasteiger partial charge in [0.25, 0.3) is 0 Å². The Balaban J connectivity index is 2.64. The van der Waals surface area contributed by atoms with Crippen molar-refractivity contribution in [2.24, 2.45) is 11.3 Å². The molecule has 1 aliphatic carbocycles. The van der Waals surface area contributed by atoms with Gasteiger partial charge in [0.2, 0.25) is 0 Å². The fourth-order valence-corrected chi connectivity index (χ4v) is 3.01. The molecule has 19 heavy (non-hydrogen) atoms. The van der Waals surface area contributed by atoms with E-state index in [9.17, 15) is 4.79 Å². The molecule has 112 valence electrons. The molecule has 3 nitrogen and oxygen atoms in total. The van der Waals surface area contributed by atoms with Crippen LogP contribution in [0.5, 0.6) is 0 Å². The van der Waals surface area contributed by atoms with Crippen LogP contribution in [0.25, 0.3) is 0 Å². The maximum atomic E-state index is 12.5. The predicted octanol–water partition coefficient (Wildman–Crippen LogP) is 3.13. The van der Waals surface area contributed by atoms with E-state index < -0.39 is 0 Å². The minimum atomic E-state index is -0.120. The molecule has 1 fully saturated rings. The molecule has 0 amide bonds. The summed E-state index contributed by atoms with van der Waals surface area (Å²) in [4.78, 5) is 14.9. The predicted molar refractivity (Wildman–Crippen MR) is 79.3 cm³/mol. The molecule has 1 saturated carbocycles. The van der Waals surface area contributed by atoms with Gasteiger partial charge in [-0.25, -0.2) is 0 Å². The fraction of sp³-hybridized carbons (Fsp3) is 0.938. The second-order valence-corrected chi connectivity index (χ2v) is 6.58. The van der Waals surface area contributed by atoms with Crippen molar-refractivity contribution in [3.8, 4) is 0 Å². The molecule has 0 heterocycles. The Labute approximate surface area is 118 Å². The molecular formula is C16H31NO2. The topological polar surface area (TPSA) is 29.5 Å². The Morgan fingerprint density at radius 1 is 1.47 bits per heavy atom. The summed E-state index contributed by atoms with van der Waals surface area (Å²) < 4.78 is 5.20. The molecule has 1 rings (SSSR count). The van der Waals surface area contributed by atoms with Crippen LogP contribution in [-0.2, 0) is 9.53 Å². The Morgan fingerprint density at radius 2 is 2.16 bits per heavy atom. The SMILES string of the molecule is CCC(C)N(CCOC)CC1CCCC(C)(C)C1=O. The van der Waals surface area contributed by atoms with Gasteiger partial charge < -0.3 is 4.74 Å². The Morgan fingerprint density at radius 3 is 2.74 bits per heavy atom. The highest BCUT2D eigenvalue weighted by atomic mass is 16.5. The number of carbonyl (C=O) groups excluding carboxylic acids is 1. The number of rotatable bonds is 7. The van der Waals surface area contributed by atoms with Crippen LogP contribution < -0.4 is 0 Å². The van der Waals surface area contributed by atoms with Gasteiger partial charge in [0.1, 0.15) is 5.78 Å². The number of methoxy groups -OCH3 is 1. The smallest absolute Gasteiger partial charge is 0.142 e. The van der Waals surface area contributed by atoms with Crippen molar-refractivity contribution in [3.05, 3.63) is 0 Å². The highest BCUT2D eigenvalue weighted by Crippen LogP contribution is 2.35. The van der Waals surface area contributed by atoms with Crippen molar-refractivity contribution in [1.82, 2.24) is 4.90 Å². The van der Waals surface area contributed by atoms with E-state index in [0.717, 1.165) is 39.0 Å². The third-order valence-corrected chi connectivity index (χ3v) is 4.64. The van der Waals surface area contributed by atoms with E-state index in [1.807, 2.05) is 0 Å². The van der Waals surface area contributed by atoms with Crippen molar-refractivity contribution in [1.29, 1.82) is 0 Å². The maximum Gasteiger partial charge on any atom is 0.142 e. The number of hydrogen-bond donors (Lipinski definition) is 0. The van der Waals surface area contributed by atoms with Crippen molar-refractivity contribution >= 4 is 5.78 Å². The van der Waals surface area contributed by atoms with Crippen LogP contribution in [0, 0.1) is 11.3 Å². The Bertz CT molecular complexity index is 288. The van der Waals surface area contributed by atoms with E-state index in [4.69, 9.17) is 4.74 Å². The van der Waals surface area contributed by atoms with Crippen molar-refractivity contribution < 1.29 is 9.53 Å². The molecule has 0 aliphatic heterocycles. The summed E-state index contributed by atoms with van der Waals surface area (Å²) in [6.07, 6.45) is 4.40. The Hall–Kier alpha value is -0.410. The van der Waals surface area contributed by atoms with Gasteiger partial charge in [-0.1, -0.05) is 27.2 Å². The van der Waals surface area contributed by atoms with E-state index in [0.29, 0.717) is 11.8 Å². The molecule has 0 bridgehead atoms. The minimum absolute atomic E-state index is 0.120. The number of nitrogens with zero attached hydrogens (tertiary/aromatic N) is 1. The summed E-state index contributed by atoms with van der Waals surface area (Å²) in [5.74, 6) is 0.680. The van der Waals surface area contributed by atoms with Crippen LogP contribution in [0.4, 0.5) is 0 Å². The monoisotopic (exact) mass is 269 g/mol. The first-order valence-electron chi connectivity index (χ1n) is 7.69. The van der Waals surface area contributed by atoms with Crippen molar-refractivity contribution in [2.75, 3.05) is 26.8 Å². The van der Waals surface area contributed by atoms with Crippen LogP contribution in [0.15, 0.2) is 0 Å². The van der Waals surface area contributed by atoms with E-state index in [1.165, 1.54) is 6.42 Å². The first-order chi connectivity index (χ1) is 8.92. The number of hydrogen-bond acceptors (Lipinski definition) is 3. The third-order valence-electron chi connectivity index (χ3n) is 4.64. The number of ether oxygens (including phenoxy) is 1. The zero-order valence-corrected chi connectivity index (χ0v) is 13.4. The average Bonchev–Trinajstić information content (AvgIpc) is 2.38. The summed E-state index contributed by atoms with van der Waals surface area (Å²) >= 11 is 0. The van der Waals surface area contributed by atoms with Gasteiger partial charge in [-0.2, -0.15) is 0 Å². The van der Waals surface area contributed by atoms with Gasteiger partial charge in [-0.15, -0.1) is 0 Å². The van der Waals surface area contributed by atoms with Gasteiger partial charge in [0, 0.05) is 37.6 Å². The van der Waals surface area contributed by atoms with E-state index in [2.05, 4.69) is 32.6 Å². The summed E-state index contributed by atoms with van der Waals surface area (Å²) in [6.45, 7) is 11.2. The van der Waals surface area contributed by atoms with Crippen LogP contribution in [0.1, 0.15) is 53.4 Å². The lowest BCUT2D eigenvalue weighted by atomic mass is 9.71. The normalized spacial score (nSPS) is 24.7. The molecule has 2 unspecified atom stereocenters. The fourth-order valence-electron chi connectivity index (χ4n) is 3.01. The second-order valence-electron chi connectivity index (χ2n) is 6.58. The number of carbonyl (C=O) groups is 1. The van der Waals surface area contributed by atoms with Gasteiger partial charge in [0.15, 0.2) is 0 Å². The Kier molecular flexibility index (Phi) is 6.48. The molecule has 1 aliphatic rings. The lowest BCUT2D eigenvalue weighted by molar-refractivity contribution is -0.135. The third kappa shape index (κ3) is 4.57. The molecule has 0 aromatic carbocycles. The van der Waals surface area contributed by atoms with Gasteiger partial charge in [-0.3, -0.25) is 9.69 Å². The van der Waals surface area contributed by atoms with Crippen LogP contribution in [-0.4, -0.2) is 43.5 Å². The summed E-state index contributed by atoms with van der Waals surface area (Å²) in [7, 11) is 1.74. The lowest BCUT2D eigenvalue weighted by Gasteiger charge is -2.38. The highest BCUT2D eigenvalue weighted by Gasteiger charge is 2.38. The van der Waals surface area contributed by atoms with Crippen LogP contribution in [0.3, 0.4) is 0 Å². The highest BCUT2D eigenvalue weighted by molar-refractivity contribution is 5.87. The lowest BCUT2D eigenvalue weighted by Crippen LogP contribution is -2.45. The molecule has 0 N–H and O–H groups in total. The summed E-state index contributed by atoms with van der Waals surface area (Å²) in [5.41, 5.74) is -0.120. The van der Waals surface area contributed by atoms with E-state index in [1.54, 1.807) is 7.11 Å². The molecule has 0 radical (unpaired) electrons. The molecule has 0 aromatic rings. The zero-order valence-electron chi connectivity index (χ0n) is 13.4. The van der Waals surface area contributed by atoms with E-state index >= 15 is 0 Å². The maximum absolute atomic E-state index is 12.5. The molecular weight excluding hydrogens is 238 g/mol. The molecule has 0 saturated heterocycles. The first-order valence-corrected chi connectivity index (χ1v) is 7.69. The van der Waals surface area contributed by atoms with Gasteiger partial charge in [0.05, 0.1) is 6.61 Å². The van der Waals surface area contributed by atoms with Crippen molar-refractivity contribution in [2.45, 2.75) is 59.4 Å². The van der Waals surface area contributed by atoms with Gasteiger partial charge >= 0.3 is 0 Å². The molecule has 2 atom stereocenters.